The third-order valence-electron chi connectivity index (χ3n) is 3.37. The summed E-state index contributed by atoms with van der Waals surface area (Å²) < 4.78 is 5.45. The number of carbonyl (C=O) groups excluding carboxylic acids is 1. The number of nitrogens with one attached hydrogen (secondary N) is 1. The number of furan rings is 1. The average Bonchev–Trinajstić information content (AvgIpc) is 2.83. The number of hydrogen-bond donors (Lipinski definition) is 1. The van der Waals surface area contributed by atoms with E-state index in [4.69, 9.17) is 4.42 Å². The van der Waals surface area contributed by atoms with Gasteiger partial charge in [-0.2, -0.15) is 0 Å². The molecular weight excluding hydrogens is 228 g/mol. The number of piperazine rings is 1. The van der Waals surface area contributed by atoms with Crippen molar-refractivity contribution in [1.82, 2.24) is 10.2 Å². The molecular formula is C14H16N2O2. The highest BCUT2D eigenvalue weighted by Crippen LogP contribution is 2.21. The number of carbonyl (C=O) groups is 1. The van der Waals surface area contributed by atoms with E-state index in [1.807, 2.05) is 29.2 Å². The van der Waals surface area contributed by atoms with E-state index in [2.05, 4.69) is 5.32 Å². The minimum Gasteiger partial charge on any atom is -0.464 e. The summed E-state index contributed by atoms with van der Waals surface area (Å²) in [5.74, 6) is 0.183. The largest absolute Gasteiger partial charge is 0.464 e. The van der Waals surface area contributed by atoms with E-state index in [1.165, 1.54) is 0 Å². The minimum absolute atomic E-state index is 0.183. The van der Waals surface area contributed by atoms with Crippen LogP contribution in [0.15, 0.2) is 34.9 Å². The normalized spacial score (nSPS) is 16.1. The number of hydrogen-bond acceptors (Lipinski definition) is 3. The third kappa shape index (κ3) is 2.11. The lowest BCUT2D eigenvalue weighted by atomic mass is 10.1. The van der Waals surface area contributed by atoms with Gasteiger partial charge in [-0.1, -0.05) is 18.2 Å². The Bertz CT molecular complexity index is 556. The van der Waals surface area contributed by atoms with Gasteiger partial charge < -0.3 is 14.6 Å². The van der Waals surface area contributed by atoms with Gasteiger partial charge in [0.1, 0.15) is 5.58 Å². The highest BCUT2D eigenvalue weighted by Gasteiger charge is 2.18. The van der Waals surface area contributed by atoms with Crippen LogP contribution < -0.4 is 5.32 Å². The van der Waals surface area contributed by atoms with Gasteiger partial charge >= 0.3 is 0 Å². The molecule has 1 aromatic heterocycles. The summed E-state index contributed by atoms with van der Waals surface area (Å²) in [5.41, 5.74) is 1.83. The first-order valence-corrected chi connectivity index (χ1v) is 6.28. The number of rotatable bonds is 2. The van der Waals surface area contributed by atoms with Crippen LogP contribution in [-0.4, -0.2) is 37.0 Å². The van der Waals surface area contributed by atoms with E-state index < -0.39 is 0 Å². The second kappa shape index (κ2) is 4.82. The number of nitrogens with zero attached hydrogens (tertiary/aromatic N) is 1. The monoisotopic (exact) mass is 244 g/mol. The molecule has 0 spiro atoms. The first kappa shape index (κ1) is 11.3. The molecule has 1 amide bonds. The molecule has 0 saturated carbocycles. The van der Waals surface area contributed by atoms with Crippen molar-refractivity contribution >= 4 is 16.9 Å². The van der Waals surface area contributed by atoms with Crippen LogP contribution in [0.3, 0.4) is 0 Å². The molecule has 1 N–H and O–H groups in total. The van der Waals surface area contributed by atoms with Crippen molar-refractivity contribution in [2.24, 2.45) is 0 Å². The standard InChI is InChI=1S/C14H16N2O2/c17-14(16-7-5-15-6-8-16)9-11-10-18-13-4-2-1-3-12(11)13/h1-4,10,15H,5-9H2. The van der Waals surface area contributed by atoms with Crippen molar-refractivity contribution in [3.8, 4) is 0 Å². The molecule has 0 aliphatic carbocycles. The molecule has 1 aliphatic rings. The van der Waals surface area contributed by atoms with Crippen molar-refractivity contribution in [2.45, 2.75) is 6.42 Å². The summed E-state index contributed by atoms with van der Waals surface area (Å²) in [4.78, 5) is 14.1. The zero-order chi connectivity index (χ0) is 12.4. The highest BCUT2D eigenvalue weighted by molar-refractivity contribution is 5.87. The van der Waals surface area contributed by atoms with Gasteiger partial charge in [-0.15, -0.1) is 0 Å². The molecule has 0 atom stereocenters. The molecule has 2 heterocycles. The Labute approximate surface area is 106 Å². The molecule has 1 aliphatic heterocycles. The SMILES string of the molecule is O=C(Cc1coc2ccccc12)N1CCNCC1. The topological polar surface area (TPSA) is 45.5 Å². The summed E-state index contributed by atoms with van der Waals surface area (Å²) in [7, 11) is 0. The molecule has 1 saturated heterocycles. The van der Waals surface area contributed by atoms with Crippen LogP contribution >= 0.6 is 0 Å². The van der Waals surface area contributed by atoms with Gasteiger partial charge in [0.25, 0.3) is 0 Å². The molecule has 3 rings (SSSR count). The smallest absolute Gasteiger partial charge is 0.227 e. The first-order valence-electron chi connectivity index (χ1n) is 6.28. The van der Waals surface area contributed by atoms with Crippen LogP contribution in [0.2, 0.25) is 0 Å². The van der Waals surface area contributed by atoms with Crippen LogP contribution in [0.25, 0.3) is 11.0 Å². The quantitative estimate of drug-likeness (QED) is 0.868. The van der Waals surface area contributed by atoms with Gasteiger partial charge in [-0.25, -0.2) is 0 Å². The fraction of sp³-hybridized carbons (Fsp3) is 0.357. The van der Waals surface area contributed by atoms with Crippen LogP contribution in [-0.2, 0) is 11.2 Å². The van der Waals surface area contributed by atoms with Crippen molar-refractivity contribution in [3.05, 3.63) is 36.1 Å². The van der Waals surface area contributed by atoms with Gasteiger partial charge in [-0.05, 0) is 6.07 Å². The zero-order valence-corrected chi connectivity index (χ0v) is 10.2. The zero-order valence-electron chi connectivity index (χ0n) is 10.2. The fourth-order valence-electron chi connectivity index (χ4n) is 2.36. The summed E-state index contributed by atoms with van der Waals surface area (Å²) in [5, 5.41) is 4.29. The van der Waals surface area contributed by atoms with Gasteiger partial charge in [0.15, 0.2) is 0 Å². The van der Waals surface area contributed by atoms with E-state index in [0.29, 0.717) is 6.42 Å². The van der Waals surface area contributed by atoms with Gasteiger partial charge in [0, 0.05) is 37.1 Å². The number of amides is 1. The number of para-hydroxylation sites is 1. The minimum atomic E-state index is 0.183. The van der Waals surface area contributed by atoms with E-state index in [0.717, 1.165) is 42.7 Å². The van der Waals surface area contributed by atoms with E-state index >= 15 is 0 Å². The van der Waals surface area contributed by atoms with Crippen molar-refractivity contribution in [1.29, 1.82) is 0 Å². The lowest BCUT2D eigenvalue weighted by Gasteiger charge is -2.27. The molecule has 2 aromatic rings. The third-order valence-corrected chi connectivity index (χ3v) is 3.37. The maximum atomic E-state index is 12.2. The van der Waals surface area contributed by atoms with Gasteiger partial charge in [0.2, 0.25) is 5.91 Å². The summed E-state index contributed by atoms with van der Waals surface area (Å²) in [6.07, 6.45) is 2.13. The van der Waals surface area contributed by atoms with E-state index in [1.54, 1.807) is 6.26 Å². The van der Waals surface area contributed by atoms with Crippen molar-refractivity contribution < 1.29 is 9.21 Å². The number of fused-ring (bicyclic) bond motifs is 1. The van der Waals surface area contributed by atoms with Crippen LogP contribution in [0, 0.1) is 0 Å². The molecule has 0 unspecified atom stereocenters. The molecule has 1 aromatic carbocycles. The molecule has 94 valence electrons. The second-order valence-corrected chi connectivity index (χ2v) is 4.56. The second-order valence-electron chi connectivity index (χ2n) is 4.56. The molecule has 4 nitrogen and oxygen atoms in total. The molecule has 0 bridgehead atoms. The summed E-state index contributed by atoms with van der Waals surface area (Å²) >= 11 is 0. The predicted molar refractivity (Wildman–Crippen MR) is 69.4 cm³/mol. The lowest BCUT2D eigenvalue weighted by molar-refractivity contribution is -0.131. The summed E-state index contributed by atoms with van der Waals surface area (Å²) in [6.45, 7) is 3.37. The van der Waals surface area contributed by atoms with Crippen molar-refractivity contribution in [3.63, 3.8) is 0 Å². The Kier molecular flexibility index (Phi) is 3.02. The Balaban J connectivity index is 1.77. The first-order chi connectivity index (χ1) is 8.84. The molecule has 18 heavy (non-hydrogen) atoms. The van der Waals surface area contributed by atoms with Crippen LogP contribution in [0.4, 0.5) is 0 Å². The number of benzene rings is 1. The van der Waals surface area contributed by atoms with E-state index in [-0.39, 0.29) is 5.91 Å². The van der Waals surface area contributed by atoms with E-state index in [9.17, 15) is 4.79 Å². The fourth-order valence-corrected chi connectivity index (χ4v) is 2.36. The maximum Gasteiger partial charge on any atom is 0.227 e. The van der Waals surface area contributed by atoms with Gasteiger partial charge in [0.05, 0.1) is 12.7 Å². The Morgan fingerprint density at radius 1 is 1.28 bits per heavy atom. The van der Waals surface area contributed by atoms with Crippen LogP contribution in [0.1, 0.15) is 5.56 Å². The Morgan fingerprint density at radius 2 is 2.06 bits per heavy atom. The highest BCUT2D eigenvalue weighted by atomic mass is 16.3. The summed E-state index contributed by atoms with van der Waals surface area (Å²) in [6, 6.07) is 7.83. The average molecular weight is 244 g/mol. The van der Waals surface area contributed by atoms with Crippen molar-refractivity contribution in [2.75, 3.05) is 26.2 Å². The van der Waals surface area contributed by atoms with Crippen LogP contribution in [0.5, 0.6) is 0 Å². The predicted octanol–water partition coefficient (Wildman–Crippen LogP) is 1.41. The lowest BCUT2D eigenvalue weighted by Crippen LogP contribution is -2.46. The van der Waals surface area contributed by atoms with Gasteiger partial charge in [-0.3, -0.25) is 4.79 Å². The Morgan fingerprint density at radius 3 is 2.89 bits per heavy atom. The molecule has 0 radical (unpaired) electrons. The molecule has 4 heteroatoms. The Hall–Kier alpha value is -1.81. The molecule has 1 fully saturated rings. The maximum absolute atomic E-state index is 12.2.